The largest absolute Gasteiger partial charge is 0.301 e. The monoisotopic (exact) mass is 501 g/mol. The highest BCUT2D eigenvalue weighted by Gasteiger charge is 2.29. The third-order valence-electron chi connectivity index (χ3n) is 7.86. The van der Waals surface area contributed by atoms with Gasteiger partial charge in [-0.2, -0.15) is 15.3 Å². The van der Waals surface area contributed by atoms with Gasteiger partial charge in [-0.15, -0.1) is 0 Å². The van der Waals surface area contributed by atoms with E-state index < -0.39 is 0 Å². The molecular formula is C28H32ClN7. The van der Waals surface area contributed by atoms with E-state index in [4.69, 9.17) is 16.7 Å². The van der Waals surface area contributed by atoms with Gasteiger partial charge in [0, 0.05) is 59.3 Å². The van der Waals surface area contributed by atoms with E-state index in [-0.39, 0.29) is 0 Å². The number of likely N-dealkylation sites (tertiary alicyclic amines) is 1. The Labute approximate surface area is 216 Å². The van der Waals surface area contributed by atoms with Crippen molar-refractivity contribution in [2.75, 3.05) is 13.1 Å². The summed E-state index contributed by atoms with van der Waals surface area (Å²) in [6.45, 7) is 11.0. The topological polar surface area (TPSA) is 67.6 Å². The molecule has 0 radical (unpaired) electrons. The molecule has 0 bridgehead atoms. The van der Waals surface area contributed by atoms with Crippen molar-refractivity contribution in [3.05, 3.63) is 52.9 Å². The molecule has 5 aromatic rings. The van der Waals surface area contributed by atoms with E-state index in [0.29, 0.717) is 12.1 Å². The van der Waals surface area contributed by atoms with Crippen molar-refractivity contribution in [3.63, 3.8) is 0 Å². The highest BCUT2D eigenvalue weighted by molar-refractivity contribution is 6.36. The molecule has 36 heavy (non-hydrogen) atoms. The molecule has 7 nitrogen and oxygen atoms in total. The number of H-pyrrole nitrogens is 1. The molecule has 2 aromatic carbocycles. The molecule has 0 spiro atoms. The summed E-state index contributed by atoms with van der Waals surface area (Å²) < 4.78 is 4.18. The van der Waals surface area contributed by atoms with Gasteiger partial charge in [-0.25, -0.2) is 0 Å². The summed E-state index contributed by atoms with van der Waals surface area (Å²) in [6, 6.07) is 9.46. The van der Waals surface area contributed by atoms with Gasteiger partial charge in [0.25, 0.3) is 0 Å². The Hall–Kier alpha value is -3.16. The zero-order valence-corrected chi connectivity index (χ0v) is 22.3. The molecule has 0 unspecified atom stereocenters. The summed E-state index contributed by atoms with van der Waals surface area (Å²) in [4.78, 5) is 2.56. The van der Waals surface area contributed by atoms with E-state index in [1.54, 1.807) is 0 Å². The summed E-state index contributed by atoms with van der Waals surface area (Å²) in [7, 11) is 1.98. The Bertz CT molecular complexity index is 1580. The number of nitrogens with one attached hydrogen (secondary N) is 1. The molecule has 0 aliphatic carbocycles. The Morgan fingerprint density at radius 3 is 2.58 bits per heavy atom. The van der Waals surface area contributed by atoms with Crippen LogP contribution in [0.5, 0.6) is 0 Å². The molecule has 0 atom stereocenters. The maximum atomic E-state index is 7.05. The molecule has 1 fully saturated rings. The smallest absolute Gasteiger partial charge is 0.101 e. The normalized spacial score (nSPS) is 15.6. The van der Waals surface area contributed by atoms with Gasteiger partial charge in [-0.05, 0) is 58.2 Å². The second kappa shape index (κ2) is 8.75. The zero-order chi connectivity index (χ0) is 25.1. The highest BCUT2D eigenvalue weighted by Crippen LogP contribution is 2.44. The molecule has 6 rings (SSSR count). The van der Waals surface area contributed by atoms with Gasteiger partial charge in [0.15, 0.2) is 0 Å². The van der Waals surface area contributed by atoms with Crippen molar-refractivity contribution in [2.24, 2.45) is 7.05 Å². The Morgan fingerprint density at radius 2 is 1.83 bits per heavy atom. The van der Waals surface area contributed by atoms with Crippen LogP contribution in [0.1, 0.15) is 44.0 Å². The molecular weight excluding hydrogens is 470 g/mol. The van der Waals surface area contributed by atoms with Gasteiger partial charge in [0.05, 0.1) is 34.5 Å². The van der Waals surface area contributed by atoms with Crippen LogP contribution in [0.3, 0.4) is 0 Å². The van der Waals surface area contributed by atoms with Crippen LogP contribution in [0.4, 0.5) is 0 Å². The van der Waals surface area contributed by atoms with Crippen molar-refractivity contribution in [2.45, 2.75) is 52.6 Å². The number of nitrogens with zero attached hydrogens (tertiary/aromatic N) is 6. The number of halogens is 1. The predicted molar refractivity (Wildman–Crippen MR) is 146 cm³/mol. The third-order valence-corrected chi connectivity index (χ3v) is 8.35. The van der Waals surface area contributed by atoms with Gasteiger partial charge in [-0.1, -0.05) is 23.7 Å². The molecule has 186 valence electrons. The lowest BCUT2D eigenvalue weighted by Gasteiger charge is -2.35. The number of piperidine rings is 1. The van der Waals surface area contributed by atoms with Gasteiger partial charge in [0.1, 0.15) is 5.69 Å². The van der Waals surface area contributed by atoms with Gasteiger partial charge in [0.2, 0.25) is 0 Å². The fraction of sp³-hybridized carbons (Fsp3) is 0.393. The first-order chi connectivity index (χ1) is 17.3. The van der Waals surface area contributed by atoms with E-state index in [1.165, 1.54) is 0 Å². The minimum atomic E-state index is 0.358. The molecule has 0 saturated carbocycles. The predicted octanol–water partition coefficient (Wildman–Crippen LogP) is 6.30. The maximum absolute atomic E-state index is 7.05. The SMILES string of the molecule is Cc1cc2[nH]ncc2c(-c2c(-c3ccc4cnn(C)c4c3)nn(C3CCN(C(C)C)CC3)c2C)c1Cl. The van der Waals surface area contributed by atoms with E-state index >= 15 is 0 Å². The van der Waals surface area contributed by atoms with Crippen LogP contribution in [0.15, 0.2) is 36.7 Å². The summed E-state index contributed by atoms with van der Waals surface area (Å²) in [5.41, 5.74) is 8.35. The maximum Gasteiger partial charge on any atom is 0.101 e. The number of fused-ring (bicyclic) bond motifs is 2. The van der Waals surface area contributed by atoms with Crippen molar-refractivity contribution >= 4 is 33.4 Å². The lowest BCUT2D eigenvalue weighted by atomic mass is 9.94. The van der Waals surface area contributed by atoms with Crippen LogP contribution in [0.25, 0.3) is 44.2 Å². The molecule has 3 aromatic heterocycles. The summed E-state index contributed by atoms with van der Waals surface area (Å²) in [5.74, 6) is 0. The number of hydrogen-bond acceptors (Lipinski definition) is 4. The first kappa shape index (κ1) is 23.3. The third kappa shape index (κ3) is 3.64. The van der Waals surface area contributed by atoms with Crippen LogP contribution in [-0.4, -0.2) is 53.8 Å². The average Bonchev–Trinajstić information content (AvgIpc) is 3.57. The number of aromatic amines is 1. The first-order valence-corrected chi connectivity index (χ1v) is 13.1. The summed E-state index contributed by atoms with van der Waals surface area (Å²) >= 11 is 7.05. The molecule has 0 amide bonds. The van der Waals surface area contributed by atoms with Crippen molar-refractivity contribution < 1.29 is 0 Å². The van der Waals surface area contributed by atoms with Crippen LogP contribution < -0.4 is 0 Å². The van der Waals surface area contributed by atoms with E-state index in [1.807, 2.05) is 24.1 Å². The van der Waals surface area contributed by atoms with Crippen LogP contribution >= 0.6 is 11.6 Å². The number of aryl methyl sites for hydroxylation is 2. The molecule has 8 heteroatoms. The van der Waals surface area contributed by atoms with Crippen molar-refractivity contribution in [1.82, 2.24) is 34.7 Å². The lowest BCUT2D eigenvalue weighted by molar-refractivity contribution is 0.146. The quantitative estimate of drug-likeness (QED) is 0.314. The molecule has 1 N–H and O–H groups in total. The fourth-order valence-corrected chi connectivity index (χ4v) is 6.01. The van der Waals surface area contributed by atoms with E-state index in [0.717, 1.165) is 86.4 Å². The average molecular weight is 502 g/mol. The number of aromatic nitrogens is 6. The highest BCUT2D eigenvalue weighted by atomic mass is 35.5. The van der Waals surface area contributed by atoms with Gasteiger partial charge < -0.3 is 4.90 Å². The Balaban J connectivity index is 1.58. The van der Waals surface area contributed by atoms with E-state index in [9.17, 15) is 0 Å². The molecule has 1 aliphatic rings. The minimum absolute atomic E-state index is 0.358. The molecule has 1 aliphatic heterocycles. The lowest BCUT2D eigenvalue weighted by Crippen LogP contribution is -2.39. The minimum Gasteiger partial charge on any atom is -0.301 e. The standard InChI is InChI=1S/C28H32ClN7/c1-16(2)35-10-8-21(9-11-35)36-18(4)25(26-22-15-30-32-23(22)12-17(3)27(26)29)28(33-36)19-6-7-20-14-31-34(5)24(20)13-19/h6-7,12-16,21H,8-11H2,1-5H3,(H,30,32). The zero-order valence-electron chi connectivity index (χ0n) is 21.5. The van der Waals surface area contributed by atoms with Crippen LogP contribution in [0, 0.1) is 13.8 Å². The summed E-state index contributed by atoms with van der Waals surface area (Å²) in [6.07, 6.45) is 5.95. The van der Waals surface area contributed by atoms with E-state index in [2.05, 4.69) is 76.8 Å². The first-order valence-electron chi connectivity index (χ1n) is 12.7. The fourth-order valence-electron chi connectivity index (χ4n) is 5.76. The van der Waals surface area contributed by atoms with Crippen LogP contribution in [0.2, 0.25) is 5.02 Å². The van der Waals surface area contributed by atoms with Gasteiger partial charge in [-0.3, -0.25) is 14.5 Å². The molecule has 1 saturated heterocycles. The van der Waals surface area contributed by atoms with Gasteiger partial charge >= 0.3 is 0 Å². The number of hydrogen-bond donors (Lipinski definition) is 1. The van der Waals surface area contributed by atoms with Crippen molar-refractivity contribution in [1.29, 1.82) is 0 Å². The number of benzene rings is 2. The number of rotatable bonds is 4. The van der Waals surface area contributed by atoms with Crippen LogP contribution in [-0.2, 0) is 7.05 Å². The second-order valence-electron chi connectivity index (χ2n) is 10.4. The summed E-state index contributed by atoms with van der Waals surface area (Å²) in [5, 5.41) is 20.1. The Morgan fingerprint density at radius 1 is 1.06 bits per heavy atom. The molecule has 4 heterocycles. The second-order valence-corrected chi connectivity index (χ2v) is 10.7. The van der Waals surface area contributed by atoms with Crippen molar-refractivity contribution in [3.8, 4) is 22.4 Å². The Kier molecular flexibility index (Phi) is 5.65.